The predicted octanol–water partition coefficient (Wildman–Crippen LogP) is 6.20. The minimum Gasteiger partial charge on any atom is -0.303 e. The van der Waals surface area contributed by atoms with Gasteiger partial charge in [0.15, 0.2) is 9.84 Å². The van der Waals surface area contributed by atoms with Crippen LogP contribution < -0.4 is 0 Å². The van der Waals surface area contributed by atoms with Crippen LogP contribution in [0.1, 0.15) is 56.4 Å². The van der Waals surface area contributed by atoms with Gasteiger partial charge in [-0.15, -0.1) is 0 Å². The van der Waals surface area contributed by atoms with Gasteiger partial charge in [0, 0.05) is 11.9 Å². The Kier molecular flexibility index (Phi) is 6.09. The molecule has 1 saturated heterocycles. The molecule has 1 aliphatic carbocycles. The summed E-state index contributed by atoms with van der Waals surface area (Å²) in [5.74, 6) is 0.599. The molecule has 2 fully saturated rings. The second-order valence-electron chi connectivity index (χ2n) is 9.67. The Hall–Kier alpha value is -2.17. The zero-order valence-electron chi connectivity index (χ0n) is 18.7. The first kappa shape index (κ1) is 21.7. The number of rotatable bonds is 7. The smallest absolute Gasteiger partial charge is 0.184 e. The van der Waals surface area contributed by atoms with E-state index >= 15 is 0 Å². The molecular weight excluding hydrogens is 414 g/mol. The van der Waals surface area contributed by atoms with Gasteiger partial charge in [-0.05, 0) is 74.5 Å². The first-order valence-corrected chi connectivity index (χ1v) is 13.6. The number of likely N-dealkylation sites (tertiary alicyclic amines) is 1. The lowest BCUT2D eigenvalue weighted by atomic mass is 9.80. The zero-order chi connectivity index (χ0) is 22.0. The van der Waals surface area contributed by atoms with Gasteiger partial charge in [0.25, 0.3) is 0 Å². The van der Waals surface area contributed by atoms with E-state index in [0.717, 1.165) is 62.5 Å². The quantitative estimate of drug-likeness (QED) is 0.433. The molecule has 4 heteroatoms. The van der Waals surface area contributed by atoms with E-state index < -0.39 is 14.6 Å². The summed E-state index contributed by atoms with van der Waals surface area (Å²) in [4.78, 5) is 3.08. The van der Waals surface area contributed by atoms with Gasteiger partial charge >= 0.3 is 0 Å². The van der Waals surface area contributed by atoms with E-state index in [4.69, 9.17) is 0 Å². The van der Waals surface area contributed by atoms with Crippen molar-refractivity contribution in [1.29, 1.82) is 0 Å². The molecule has 1 heterocycles. The van der Waals surface area contributed by atoms with Crippen LogP contribution in [0.3, 0.4) is 0 Å². The summed E-state index contributed by atoms with van der Waals surface area (Å²) in [5.41, 5.74) is 1.44. The lowest BCUT2D eigenvalue weighted by Crippen LogP contribution is -2.46. The number of benzene rings is 3. The fraction of sp³-hybridized carbons (Fsp3) is 0.429. The normalized spacial score (nSPS) is 21.3. The summed E-state index contributed by atoms with van der Waals surface area (Å²) >= 11 is 0. The fourth-order valence-electron chi connectivity index (χ4n) is 5.77. The molecule has 5 rings (SSSR count). The number of hydrogen-bond acceptors (Lipinski definition) is 3. The Morgan fingerprint density at radius 1 is 0.875 bits per heavy atom. The van der Waals surface area contributed by atoms with E-state index in [2.05, 4.69) is 35.2 Å². The highest BCUT2D eigenvalue weighted by Crippen LogP contribution is 2.47. The maximum absolute atomic E-state index is 13.9. The second-order valence-corrected chi connectivity index (χ2v) is 12.0. The third-order valence-corrected chi connectivity index (χ3v) is 10.4. The first-order chi connectivity index (χ1) is 15.6. The number of fused-ring (bicyclic) bond motifs is 1. The van der Waals surface area contributed by atoms with E-state index in [1.54, 1.807) is 0 Å². The van der Waals surface area contributed by atoms with Gasteiger partial charge in [-0.25, -0.2) is 8.42 Å². The molecule has 0 N–H and O–H groups in total. The van der Waals surface area contributed by atoms with Crippen LogP contribution in [0, 0.1) is 0 Å². The van der Waals surface area contributed by atoms with Crippen LogP contribution in [0.15, 0.2) is 77.7 Å². The van der Waals surface area contributed by atoms with E-state index in [-0.39, 0.29) is 0 Å². The van der Waals surface area contributed by atoms with Crippen molar-refractivity contribution in [3.05, 3.63) is 78.4 Å². The predicted molar refractivity (Wildman–Crippen MR) is 132 cm³/mol. The average Bonchev–Trinajstić information content (AvgIpc) is 2.81. The molecule has 3 aromatic carbocycles. The van der Waals surface area contributed by atoms with Gasteiger partial charge in [-0.3, -0.25) is 0 Å². The molecule has 0 radical (unpaired) electrons. The molecule has 32 heavy (non-hydrogen) atoms. The van der Waals surface area contributed by atoms with Gasteiger partial charge in [-0.2, -0.15) is 0 Å². The van der Waals surface area contributed by atoms with Gasteiger partial charge in [0.05, 0.1) is 9.64 Å². The van der Waals surface area contributed by atoms with Gasteiger partial charge in [0.1, 0.15) is 0 Å². The molecule has 0 bridgehead atoms. The number of nitrogens with zero attached hydrogens (tertiary/aromatic N) is 1. The highest BCUT2D eigenvalue weighted by molar-refractivity contribution is 7.93. The van der Waals surface area contributed by atoms with Crippen molar-refractivity contribution in [3.63, 3.8) is 0 Å². The van der Waals surface area contributed by atoms with E-state index in [0.29, 0.717) is 10.8 Å². The van der Waals surface area contributed by atoms with E-state index in [1.807, 2.05) is 42.5 Å². The van der Waals surface area contributed by atoms with Crippen molar-refractivity contribution in [2.45, 2.75) is 60.5 Å². The molecule has 3 aromatic rings. The van der Waals surface area contributed by atoms with Crippen molar-refractivity contribution in [2.75, 3.05) is 19.6 Å². The zero-order valence-corrected chi connectivity index (χ0v) is 19.6. The van der Waals surface area contributed by atoms with Gasteiger partial charge < -0.3 is 4.90 Å². The number of piperidine rings is 1. The Balaban J connectivity index is 1.28. The fourth-order valence-corrected chi connectivity index (χ4v) is 8.21. The lowest BCUT2D eigenvalue weighted by Gasteiger charge is -2.42. The molecule has 2 aliphatic rings. The molecule has 1 unspecified atom stereocenters. The standard InChI is InChI=1S/C28H33NO2S/c30-32(31,27-16-6-13-24-12-4-5-15-26(24)27)28(17-8-18-28)19-9-21-29-20-7-14-25(22-29)23-10-2-1-3-11-23/h1-6,10-13,15-16,25H,7-9,14,17-22H2. The summed E-state index contributed by atoms with van der Waals surface area (Å²) in [6.07, 6.45) is 6.80. The molecular formula is C28H33NO2S. The van der Waals surface area contributed by atoms with Crippen LogP contribution in [-0.2, 0) is 9.84 Å². The summed E-state index contributed by atoms with van der Waals surface area (Å²) in [5, 5.41) is 1.87. The third-order valence-electron chi connectivity index (χ3n) is 7.76. The Morgan fingerprint density at radius 3 is 2.41 bits per heavy atom. The highest BCUT2D eigenvalue weighted by Gasteiger charge is 2.49. The summed E-state index contributed by atoms with van der Waals surface area (Å²) < 4.78 is 27.1. The highest BCUT2D eigenvalue weighted by atomic mass is 32.2. The number of hydrogen-bond donors (Lipinski definition) is 0. The molecule has 3 nitrogen and oxygen atoms in total. The third kappa shape index (κ3) is 3.99. The van der Waals surface area contributed by atoms with Crippen LogP contribution in [0.25, 0.3) is 10.8 Å². The van der Waals surface area contributed by atoms with Crippen LogP contribution in [0.5, 0.6) is 0 Å². The Morgan fingerprint density at radius 2 is 1.62 bits per heavy atom. The molecule has 1 atom stereocenters. The van der Waals surface area contributed by atoms with Crippen LogP contribution in [0.4, 0.5) is 0 Å². The Bertz CT molecular complexity index is 1160. The molecule has 168 valence electrons. The maximum atomic E-state index is 13.9. The van der Waals surface area contributed by atoms with Crippen molar-refractivity contribution in [1.82, 2.24) is 4.90 Å². The van der Waals surface area contributed by atoms with Crippen molar-refractivity contribution in [2.24, 2.45) is 0 Å². The summed E-state index contributed by atoms with van der Waals surface area (Å²) in [6, 6.07) is 24.4. The average molecular weight is 448 g/mol. The second kappa shape index (κ2) is 8.99. The number of sulfone groups is 1. The minimum atomic E-state index is -3.37. The van der Waals surface area contributed by atoms with E-state index in [9.17, 15) is 8.42 Å². The molecule has 0 aromatic heterocycles. The largest absolute Gasteiger partial charge is 0.303 e. The van der Waals surface area contributed by atoms with Gasteiger partial charge in [0.2, 0.25) is 0 Å². The topological polar surface area (TPSA) is 37.4 Å². The van der Waals surface area contributed by atoms with Gasteiger partial charge in [-0.1, -0.05) is 73.2 Å². The van der Waals surface area contributed by atoms with Crippen molar-refractivity contribution in [3.8, 4) is 0 Å². The molecule has 0 spiro atoms. The molecule has 1 saturated carbocycles. The molecule has 0 amide bonds. The van der Waals surface area contributed by atoms with Crippen molar-refractivity contribution >= 4 is 20.6 Å². The Labute approximate surface area is 192 Å². The maximum Gasteiger partial charge on any atom is 0.184 e. The molecule has 1 aliphatic heterocycles. The van der Waals surface area contributed by atoms with Crippen LogP contribution >= 0.6 is 0 Å². The SMILES string of the molecule is O=S(=O)(c1cccc2ccccc12)C1(CCCN2CCCC(c3ccccc3)C2)CCC1. The monoisotopic (exact) mass is 447 g/mol. The summed E-state index contributed by atoms with van der Waals surface area (Å²) in [7, 11) is -3.37. The van der Waals surface area contributed by atoms with Crippen LogP contribution in [-0.4, -0.2) is 37.7 Å². The van der Waals surface area contributed by atoms with Crippen molar-refractivity contribution < 1.29 is 8.42 Å². The van der Waals surface area contributed by atoms with E-state index in [1.165, 1.54) is 18.4 Å². The first-order valence-electron chi connectivity index (χ1n) is 12.1. The lowest BCUT2D eigenvalue weighted by molar-refractivity contribution is 0.195. The summed E-state index contributed by atoms with van der Waals surface area (Å²) in [6.45, 7) is 3.22. The van der Waals surface area contributed by atoms with Crippen LogP contribution in [0.2, 0.25) is 0 Å². The minimum absolute atomic E-state index is 0.525.